The highest BCUT2D eigenvalue weighted by molar-refractivity contribution is 5.53. The van der Waals surface area contributed by atoms with Crippen LogP contribution in [0.25, 0.3) is 11.4 Å². The van der Waals surface area contributed by atoms with Crippen LogP contribution < -0.4 is 0 Å². The maximum Gasteiger partial charge on any atom is 0.163 e. The third-order valence-corrected chi connectivity index (χ3v) is 1.68. The summed E-state index contributed by atoms with van der Waals surface area (Å²) in [5, 5.41) is 7.78. The Morgan fingerprint density at radius 1 is 1.50 bits per heavy atom. The number of benzene rings is 1. The third kappa shape index (κ3) is 1.09. The van der Waals surface area contributed by atoms with Crippen molar-refractivity contribution >= 4 is 0 Å². The molecule has 0 aliphatic heterocycles. The van der Waals surface area contributed by atoms with Gasteiger partial charge in [-0.3, -0.25) is 0 Å². The molecule has 0 saturated carbocycles. The van der Waals surface area contributed by atoms with Crippen LogP contribution in [0.4, 0.5) is 0 Å². The maximum atomic E-state index is 3.98. The van der Waals surface area contributed by atoms with E-state index in [1.54, 1.807) is 6.33 Å². The molecule has 0 amide bonds. The number of aromatic nitrogens is 3. The lowest BCUT2D eigenvalue weighted by atomic mass is 10.2. The van der Waals surface area contributed by atoms with Gasteiger partial charge in [-0.2, -0.15) is 0 Å². The first-order chi connectivity index (χ1) is 5.88. The van der Waals surface area contributed by atoms with Crippen molar-refractivity contribution < 1.29 is 0 Å². The lowest BCUT2D eigenvalue weighted by Gasteiger charge is -1.97. The lowest BCUT2D eigenvalue weighted by Crippen LogP contribution is -1.90. The molecule has 0 spiro atoms. The molecule has 1 radical (unpaired) electrons. The van der Waals surface area contributed by atoms with Gasteiger partial charge in [-0.05, 0) is 12.1 Å². The van der Waals surface area contributed by atoms with Gasteiger partial charge in [0.2, 0.25) is 0 Å². The Balaban J connectivity index is 2.51. The molecule has 0 aliphatic carbocycles. The van der Waals surface area contributed by atoms with E-state index in [4.69, 9.17) is 0 Å². The van der Waals surface area contributed by atoms with Gasteiger partial charge in [-0.25, -0.2) is 0 Å². The van der Waals surface area contributed by atoms with Crippen molar-refractivity contribution in [3.63, 3.8) is 0 Å². The number of nitrogens with zero attached hydrogens (tertiary/aromatic N) is 3. The van der Waals surface area contributed by atoms with Gasteiger partial charge in [0, 0.05) is 12.6 Å². The zero-order valence-electron chi connectivity index (χ0n) is 6.73. The maximum absolute atomic E-state index is 3.98. The van der Waals surface area contributed by atoms with Crippen molar-refractivity contribution in [3.8, 4) is 11.4 Å². The fraction of sp³-hybridized carbons (Fsp3) is 0.111. The summed E-state index contributed by atoms with van der Waals surface area (Å²) in [7, 11) is 1.92. The normalized spacial score (nSPS) is 10.1. The van der Waals surface area contributed by atoms with Crippen molar-refractivity contribution in [2.75, 3.05) is 0 Å². The molecule has 12 heavy (non-hydrogen) atoms. The molecular formula is C9H8N3. The van der Waals surface area contributed by atoms with Crippen LogP contribution >= 0.6 is 0 Å². The zero-order chi connectivity index (χ0) is 8.39. The highest BCUT2D eigenvalue weighted by atomic mass is 15.2. The molecule has 1 aromatic carbocycles. The Morgan fingerprint density at radius 3 is 3.00 bits per heavy atom. The fourth-order valence-corrected chi connectivity index (χ4v) is 1.08. The molecule has 0 bridgehead atoms. The van der Waals surface area contributed by atoms with Gasteiger partial charge in [0.1, 0.15) is 6.33 Å². The number of hydrogen-bond acceptors (Lipinski definition) is 2. The number of aryl methyl sites for hydroxylation is 1. The summed E-state index contributed by atoms with van der Waals surface area (Å²) in [6.45, 7) is 0. The van der Waals surface area contributed by atoms with Crippen LogP contribution in [0.15, 0.2) is 30.6 Å². The summed E-state index contributed by atoms with van der Waals surface area (Å²) in [6, 6.07) is 10.7. The third-order valence-electron chi connectivity index (χ3n) is 1.68. The summed E-state index contributed by atoms with van der Waals surface area (Å²) in [4.78, 5) is 0. The fourth-order valence-electron chi connectivity index (χ4n) is 1.08. The van der Waals surface area contributed by atoms with Crippen LogP contribution in [-0.2, 0) is 7.05 Å². The van der Waals surface area contributed by atoms with Crippen LogP contribution in [0.2, 0.25) is 0 Å². The minimum atomic E-state index is 0.867. The average molecular weight is 158 g/mol. The molecule has 59 valence electrons. The molecule has 0 unspecified atom stereocenters. The van der Waals surface area contributed by atoms with E-state index in [1.807, 2.05) is 35.9 Å². The second-order valence-electron chi connectivity index (χ2n) is 2.56. The van der Waals surface area contributed by atoms with Gasteiger partial charge in [-0.15, -0.1) is 10.2 Å². The van der Waals surface area contributed by atoms with Gasteiger partial charge in [0.15, 0.2) is 5.82 Å². The van der Waals surface area contributed by atoms with E-state index in [1.165, 1.54) is 0 Å². The van der Waals surface area contributed by atoms with Crippen molar-refractivity contribution in [2.45, 2.75) is 0 Å². The second-order valence-corrected chi connectivity index (χ2v) is 2.56. The molecule has 0 N–H and O–H groups in total. The van der Waals surface area contributed by atoms with Crippen LogP contribution in [0.5, 0.6) is 0 Å². The molecular weight excluding hydrogens is 150 g/mol. The predicted octanol–water partition coefficient (Wildman–Crippen LogP) is 1.28. The predicted molar refractivity (Wildman–Crippen MR) is 45.3 cm³/mol. The van der Waals surface area contributed by atoms with E-state index in [-0.39, 0.29) is 0 Å². The molecule has 3 nitrogen and oxygen atoms in total. The largest absolute Gasteiger partial charge is 0.317 e. The highest BCUT2D eigenvalue weighted by Gasteiger charge is 2.01. The molecule has 2 rings (SSSR count). The van der Waals surface area contributed by atoms with Gasteiger partial charge in [0.25, 0.3) is 0 Å². The molecule has 3 heteroatoms. The molecule has 0 fully saturated rings. The van der Waals surface area contributed by atoms with E-state index in [0.29, 0.717) is 0 Å². The standard InChI is InChI=1S/C9H8N3/c1-12-7-10-11-9(12)8-5-3-2-4-6-8/h2-3,5-7H,1H3. The summed E-state index contributed by atoms with van der Waals surface area (Å²) in [5.74, 6) is 0.867. The average Bonchev–Trinajstić information content (AvgIpc) is 2.53. The summed E-state index contributed by atoms with van der Waals surface area (Å²) in [5.41, 5.74) is 1.04. The SMILES string of the molecule is Cn1cnnc1-c1c[c]ccc1. The monoisotopic (exact) mass is 158 g/mol. The van der Waals surface area contributed by atoms with Gasteiger partial charge in [-0.1, -0.05) is 18.2 Å². The Labute approximate surface area is 70.7 Å². The van der Waals surface area contributed by atoms with Crippen LogP contribution in [-0.4, -0.2) is 14.8 Å². The van der Waals surface area contributed by atoms with Gasteiger partial charge >= 0.3 is 0 Å². The van der Waals surface area contributed by atoms with Gasteiger partial charge < -0.3 is 4.57 Å². The number of hydrogen-bond donors (Lipinski definition) is 0. The first kappa shape index (κ1) is 7.03. The van der Waals surface area contributed by atoms with E-state index < -0.39 is 0 Å². The molecule has 1 aromatic heterocycles. The summed E-state index contributed by atoms with van der Waals surface area (Å²) >= 11 is 0. The van der Waals surface area contributed by atoms with Crippen molar-refractivity contribution in [2.24, 2.45) is 7.05 Å². The van der Waals surface area contributed by atoms with Crippen molar-refractivity contribution in [1.29, 1.82) is 0 Å². The topological polar surface area (TPSA) is 30.7 Å². The van der Waals surface area contributed by atoms with E-state index in [0.717, 1.165) is 11.4 Å². The summed E-state index contributed by atoms with van der Waals surface area (Å²) in [6.07, 6.45) is 1.68. The smallest absolute Gasteiger partial charge is 0.163 e. The van der Waals surface area contributed by atoms with E-state index >= 15 is 0 Å². The molecule has 0 aliphatic rings. The Morgan fingerprint density at radius 2 is 2.42 bits per heavy atom. The first-order valence-electron chi connectivity index (χ1n) is 3.68. The minimum absolute atomic E-state index is 0.867. The first-order valence-corrected chi connectivity index (χ1v) is 3.68. The number of rotatable bonds is 1. The summed E-state index contributed by atoms with van der Waals surface area (Å²) < 4.78 is 1.88. The molecule has 2 aromatic rings. The molecule has 0 saturated heterocycles. The quantitative estimate of drug-likeness (QED) is 0.626. The molecule has 0 atom stereocenters. The van der Waals surface area contributed by atoms with Gasteiger partial charge in [0.05, 0.1) is 0 Å². The second kappa shape index (κ2) is 2.77. The molecule has 1 heterocycles. The Hall–Kier alpha value is -1.64. The zero-order valence-corrected chi connectivity index (χ0v) is 6.73. The van der Waals surface area contributed by atoms with Crippen LogP contribution in [0, 0.1) is 6.07 Å². The lowest BCUT2D eigenvalue weighted by molar-refractivity contribution is 0.920. The highest BCUT2D eigenvalue weighted by Crippen LogP contribution is 2.13. The minimum Gasteiger partial charge on any atom is -0.317 e. The van der Waals surface area contributed by atoms with Crippen molar-refractivity contribution in [3.05, 3.63) is 36.7 Å². The van der Waals surface area contributed by atoms with Crippen LogP contribution in [0.1, 0.15) is 0 Å². The van der Waals surface area contributed by atoms with Crippen LogP contribution in [0.3, 0.4) is 0 Å². The Bertz CT molecular complexity index is 364. The van der Waals surface area contributed by atoms with E-state index in [2.05, 4.69) is 16.3 Å². The van der Waals surface area contributed by atoms with E-state index in [9.17, 15) is 0 Å². The Kier molecular flexibility index (Phi) is 1.63. The van der Waals surface area contributed by atoms with Crippen molar-refractivity contribution in [1.82, 2.24) is 14.8 Å².